The van der Waals surface area contributed by atoms with Gasteiger partial charge in [0.15, 0.2) is 0 Å². The highest BCUT2D eigenvalue weighted by Crippen LogP contribution is 2.42. The molecule has 0 radical (unpaired) electrons. The number of phenols is 3. The van der Waals surface area contributed by atoms with Crippen molar-refractivity contribution in [2.75, 3.05) is 0 Å². The zero-order chi connectivity index (χ0) is 27.2. The van der Waals surface area contributed by atoms with Gasteiger partial charge in [-0.05, 0) is 69.8 Å². The molecule has 0 spiro atoms. The van der Waals surface area contributed by atoms with Crippen molar-refractivity contribution in [1.82, 2.24) is 0 Å². The zero-order valence-electron chi connectivity index (χ0n) is 22.4. The smallest absolute Gasteiger partial charge is 0.128 e. The maximum Gasteiger partial charge on any atom is 0.128 e. The number of hydrogen-bond acceptors (Lipinski definition) is 4. The Morgan fingerprint density at radius 2 is 0.757 bits per heavy atom. The molecule has 3 N–H and O–H groups in total. The Hall–Kier alpha value is -3.37. The number of aromatic hydroxyl groups is 3. The Labute approximate surface area is 225 Å². The zero-order valence-corrected chi connectivity index (χ0v) is 23.3. The van der Waals surface area contributed by atoms with Crippen molar-refractivity contribution in [2.45, 2.75) is 62.7 Å². The second-order valence-corrected chi connectivity index (χ2v) is 12.0. The van der Waals surface area contributed by atoms with E-state index in [0.717, 1.165) is 33.4 Å². The summed E-state index contributed by atoms with van der Waals surface area (Å²) in [6.45, 7) is 13.2. The van der Waals surface area contributed by atoms with Crippen molar-refractivity contribution in [2.24, 2.45) is 0 Å². The molecule has 0 saturated carbocycles. The molecule has 0 aliphatic carbocycles. The molecular formula is C33H36O3S. The molecule has 0 heterocycles. The first-order valence-electron chi connectivity index (χ1n) is 12.5. The predicted octanol–water partition coefficient (Wildman–Crippen LogP) is 8.07. The van der Waals surface area contributed by atoms with E-state index in [0.29, 0.717) is 4.90 Å². The minimum absolute atomic E-state index is 0.166. The molecule has 0 aromatic heterocycles. The van der Waals surface area contributed by atoms with Gasteiger partial charge >= 0.3 is 0 Å². The molecule has 0 unspecified atom stereocenters. The van der Waals surface area contributed by atoms with Crippen LogP contribution in [0.25, 0.3) is 0 Å². The quantitative estimate of drug-likeness (QED) is 0.198. The van der Waals surface area contributed by atoms with Crippen LogP contribution < -0.4 is 0 Å². The number of hydrogen-bond donors (Lipinski definition) is 4. The van der Waals surface area contributed by atoms with Crippen LogP contribution in [0.5, 0.6) is 17.2 Å². The maximum atomic E-state index is 10.1. The van der Waals surface area contributed by atoms with Crippen LogP contribution in [0, 0.1) is 0 Å². The van der Waals surface area contributed by atoms with Gasteiger partial charge in [0.1, 0.15) is 17.2 Å². The first-order valence-corrected chi connectivity index (χ1v) is 13.0. The summed E-state index contributed by atoms with van der Waals surface area (Å²) in [5.41, 5.74) is 5.72. The minimum atomic E-state index is -0.369. The van der Waals surface area contributed by atoms with E-state index in [2.05, 4.69) is 72.4 Å². The lowest BCUT2D eigenvalue weighted by Gasteiger charge is -2.35. The van der Waals surface area contributed by atoms with Crippen molar-refractivity contribution < 1.29 is 15.3 Å². The van der Waals surface area contributed by atoms with Crippen LogP contribution in [-0.2, 0) is 16.2 Å². The number of rotatable bonds is 6. The molecule has 4 heteroatoms. The first-order chi connectivity index (χ1) is 17.2. The molecule has 4 rings (SSSR count). The lowest BCUT2D eigenvalue weighted by molar-refractivity contribution is 0.461. The van der Waals surface area contributed by atoms with E-state index < -0.39 is 0 Å². The third-order valence-corrected chi connectivity index (χ3v) is 8.33. The Morgan fingerprint density at radius 3 is 1.11 bits per heavy atom. The third kappa shape index (κ3) is 5.08. The van der Waals surface area contributed by atoms with Gasteiger partial charge in [-0.2, -0.15) is 0 Å². The number of thiol groups is 1. The molecule has 0 fully saturated rings. The summed E-state index contributed by atoms with van der Waals surface area (Å²) in [5.74, 6) is 0.663. The lowest BCUT2D eigenvalue weighted by atomic mass is 9.69. The SMILES string of the molecule is CC(C)(c1ccc(O)cc1)c1cc(C(C)(C)c2ccc(O)cc2)cc(C(C)(C)c2ccc(O)c(S)c2)c1. The molecule has 0 atom stereocenters. The van der Waals surface area contributed by atoms with Gasteiger partial charge in [0.25, 0.3) is 0 Å². The van der Waals surface area contributed by atoms with Gasteiger partial charge in [-0.3, -0.25) is 0 Å². The van der Waals surface area contributed by atoms with Crippen molar-refractivity contribution in [3.8, 4) is 17.2 Å². The Balaban J connectivity index is 1.95. The minimum Gasteiger partial charge on any atom is -0.508 e. The van der Waals surface area contributed by atoms with Crippen molar-refractivity contribution >= 4 is 12.6 Å². The van der Waals surface area contributed by atoms with Gasteiger partial charge in [-0.15, -0.1) is 12.6 Å². The molecule has 37 heavy (non-hydrogen) atoms. The van der Waals surface area contributed by atoms with Crippen LogP contribution in [0.3, 0.4) is 0 Å². The van der Waals surface area contributed by atoms with E-state index in [1.807, 2.05) is 36.4 Å². The Morgan fingerprint density at radius 1 is 0.432 bits per heavy atom. The predicted molar refractivity (Wildman–Crippen MR) is 154 cm³/mol. The van der Waals surface area contributed by atoms with Crippen LogP contribution >= 0.6 is 12.6 Å². The summed E-state index contributed by atoms with van der Waals surface area (Å²) in [6, 6.07) is 27.3. The maximum absolute atomic E-state index is 10.1. The largest absolute Gasteiger partial charge is 0.508 e. The fourth-order valence-electron chi connectivity index (χ4n) is 4.88. The highest BCUT2D eigenvalue weighted by Gasteiger charge is 2.32. The summed E-state index contributed by atoms with van der Waals surface area (Å²) in [4.78, 5) is 0.552. The third-order valence-electron chi connectivity index (χ3n) is 7.97. The van der Waals surface area contributed by atoms with E-state index in [1.54, 1.807) is 30.3 Å². The summed E-state index contributed by atoms with van der Waals surface area (Å²) in [7, 11) is 0. The molecule has 0 saturated heterocycles. The molecule has 0 bridgehead atoms. The second kappa shape index (κ2) is 9.50. The van der Waals surface area contributed by atoms with Crippen LogP contribution in [-0.4, -0.2) is 15.3 Å². The molecule has 192 valence electrons. The van der Waals surface area contributed by atoms with E-state index >= 15 is 0 Å². The van der Waals surface area contributed by atoms with Gasteiger partial charge in [-0.25, -0.2) is 0 Å². The standard InChI is InChI=1S/C33H36O3S/c1-31(2,21-7-12-27(34)13-8-21)24-17-25(32(3,4)22-9-14-28(35)15-10-22)19-26(18-24)33(5,6)23-11-16-29(36)30(37)20-23/h7-20,34-37H,1-6H3. The van der Waals surface area contributed by atoms with E-state index in [1.165, 1.54) is 0 Å². The fourth-order valence-corrected chi connectivity index (χ4v) is 5.09. The molecule has 0 aliphatic rings. The normalized spacial score (nSPS) is 12.5. The summed E-state index contributed by atoms with van der Waals surface area (Å²) in [5, 5.41) is 29.8. The lowest BCUT2D eigenvalue weighted by Crippen LogP contribution is -2.26. The monoisotopic (exact) mass is 512 g/mol. The average Bonchev–Trinajstić information content (AvgIpc) is 2.86. The highest BCUT2D eigenvalue weighted by atomic mass is 32.1. The Bertz CT molecular complexity index is 1340. The molecule has 0 aliphatic heterocycles. The van der Waals surface area contributed by atoms with E-state index in [-0.39, 0.29) is 33.5 Å². The van der Waals surface area contributed by atoms with Gasteiger partial charge < -0.3 is 15.3 Å². The molecule has 4 aromatic rings. The Kier molecular flexibility index (Phi) is 6.85. The van der Waals surface area contributed by atoms with Gasteiger partial charge in [0, 0.05) is 21.1 Å². The average molecular weight is 513 g/mol. The van der Waals surface area contributed by atoms with E-state index in [4.69, 9.17) is 0 Å². The topological polar surface area (TPSA) is 60.7 Å². The summed E-state index contributed by atoms with van der Waals surface area (Å²) < 4.78 is 0. The molecule has 3 nitrogen and oxygen atoms in total. The summed E-state index contributed by atoms with van der Waals surface area (Å²) >= 11 is 4.47. The van der Waals surface area contributed by atoms with Crippen molar-refractivity contribution in [3.63, 3.8) is 0 Å². The number of benzene rings is 4. The van der Waals surface area contributed by atoms with Gasteiger partial charge in [0.2, 0.25) is 0 Å². The van der Waals surface area contributed by atoms with E-state index in [9.17, 15) is 15.3 Å². The molecule has 0 amide bonds. The second-order valence-electron chi connectivity index (χ2n) is 11.5. The first kappa shape index (κ1) is 26.7. The van der Waals surface area contributed by atoms with Crippen LogP contribution in [0.1, 0.15) is 74.9 Å². The summed E-state index contributed by atoms with van der Waals surface area (Å²) in [6.07, 6.45) is 0. The fraction of sp³-hybridized carbons (Fsp3) is 0.273. The van der Waals surface area contributed by atoms with Crippen LogP contribution in [0.15, 0.2) is 89.8 Å². The van der Waals surface area contributed by atoms with Gasteiger partial charge in [-0.1, -0.05) is 90.1 Å². The van der Waals surface area contributed by atoms with Crippen molar-refractivity contribution in [1.29, 1.82) is 0 Å². The van der Waals surface area contributed by atoms with Crippen molar-refractivity contribution in [3.05, 3.63) is 118 Å². The van der Waals surface area contributed by atoms with Crippen LogP contribution in [0.2, 0.25) is 0 Å². The van der Waals surface area contributed by atoms with Gasteiger partial charge in [0.05, 0.1) is 0 Å². The molecule has 4 aromatic carbocycles. The molecular weight excluding hydrogens is 476 g/mol. The highest BCUT2D eigenvalue weighted by molar-refractivity contribution is 7.80. The number of phenolic OH excluding ortho intramolecular Hbond substituents is 3. The van der Waals surface area contributed by atoms with Crippen LogP contribution in [0.4, 0.5) is 0 Å².